The van der Waals surface area contributed by atoms with Gasteiger partial charge in [-0.05, 0) is 60.8 Å². The molecule has 98 valence electrons. The van der Waals surface area contributed by atoms with Crippen LogP contribution in [0.25, 0.3) is 0 Å². The van der Waals surface area contributed by atoms with Gasteiger partial charge in [0.2, 0.25) is 0 Å². The molecule has 0 bridgehead atoms. The van der Waals surface area contributed by atoms with Crippen LogP contribution in [0.1, 0.15) is 25.3 Å². The van der Waals surface area contributed by atoms with Crippen LogP contribution in [0.3, 0.4) is 0 Å². The van der Waals surface area contributed by atoms with Crippen molar-refractivity contribution in [3.63, 3.8) is 0 Å². The van der Waals surface area contributed by atoms with Crippen LogP contribution in [-0.4, -0.2) is 41.6 Å². The van der Waals surface area contributed by atoms with Gasteiger partial charge in [-0.2, -0.15) is 0 Å². The molecule has 18 heavy (non-hydrogen) atoms. The second kappa shape index (κ2) is 4.82. The minimum Gasteiger partial charge on any atom is -0.351 e. The lowest BCUT2D eigenvalue weighted by Gasteiger charge is -2.43. The zero-order valence-corrected chi connectivity index (χ0v) is 12.7. The van der Waals surface area contributed by atoms with E-state index in [-0.39, 0.29) is 0 Å². The molecule has 2 atom stereocenters. The molecule has 3 heterocycles. The number of fused-ring (bicyclic) bond motifs is 1. The maximum Gasteiger partial charge on any atom is 0.129 e. The molecule has 2 aliphatic heterocycles. The van der Waals surface area contributed by atoms with Crippen molar-refractivity contribution in [2.75, 3.05) is 24.5 Å². The first-order chi connectivity index (χ1) is 8.65. The highest BCUT2D eigenvalue weighted by Gasteiger charge is 2.34. The molecule has 2 fully saturated rings. The van der Waals surface area contributed by atoms with E-state index in [1.807, 2.05) is 6.20 Å². The third-order valence-corrected chi connectivity index (χ3v) is 5.09. The average Bonchev–Trinajstić information content (AvgIpc) is 2.79. The molecule has 3 rings (SSSR count). The van der Waals surface area contributed by atoms with Crippen LogP contribution in [0.15, 0.2) is 16.7 Å². The van der Waals surface area contributed by atoms with E-state index in [2.05, 4.69) is 50.6 Å². The monoisotopic (exact) mass is 309 g/mol. The van der Waals surface area contributed by atoms with Gasteiger partial charge in [-0.1, -0.05) is 0 Å². The van der Waals surface area contributed by atoms with Gasteiger partial charge < -0.3 is 4.90 Å². The van der Waals surface area contributed by atoms with Gasteiger partial charge in [-0.15, -0.1) is 0 Å². The molecule has 2 aliphatic rings. The van der Waals surface area contributed by atoms with E-state index < -0.39 is 0 Å². The summed E-state index contributed by atoms with van der Waals surface area (Å²) in [6.45, 7) is 8.05. The Labute approximate surface area is 117 Å². The van der Waals surface area contributed by atoms with Crippen LogP contribution in [0, 0.1) is 6.92 Å². The molecule has 0 saturated carbocycles. The number of piperazine rings is 1. The topological polar surface area (TPSA) is 19.4 Å². The smallest absolute Gasteiger partial charge is 0.129 e. The molecule has 3 nitrogen and oxygen atoms in total. The number of hydrogen-bond donors (Lipinski definition) is 0. The highest BCUT2D eigenvalue weighted by molar-refractivity contribution is 9.10. The fourth-order valence-corrected chi connectivity index (χ4v) is 3.40. The summed E-state index contributed by atoms with van der Waals surface area (Å²) >= 11 is 3.52. The molecule has 0 N–H and O–H groups in total. The molecular formula is C14H20BrN3. The quantitative estimate of drug-likeness (QED) is 0.795. The Kier molecular flexibility index (Phi) is 3.32. The number of aromatic nitrogens is 1. The predicted molar refractivity (Wildman–Crippen MR) is 78.1 cm³/mol. The first-order valence-electron chi connectivity index (χ1n) is 6.78. The fourth-order valence-electron chi connectivity index (χ4n) is 3.19. The van der Waals surface area contributed by atoms with Crippen LogP contribution in [0.5, 0.6) is 0 Å². The highest BCUT2D eigenvalue weighted by Crippen LogP contribution is 2.29. The van der Waals surface area contributed by atoms with E-state index >= 15 is 0 Å². The molecule has 0 radical (unpaired) electrons. The molecule has 0 aromatic carbocycles. The summed E-state index contributed by atoms with van der Waals surface area (Å²) in [6.07, 6.45) is 4.63. The predicted octanol–water partition coefficient (Wildman–Crippen LogP) is 2.83. The van der Waals surface area contributed by atoms with Crippen molar-refractivity contribution in [3.8, 4) is 0 Å². The second-order valence-corrected chi connectivity index (χ2v) is 6.44. The summed E-state index contributed by atoms with van der Waals surface area (Å²) in [7, 11) is 0. The number of rotatable bonds is 1. The minimum atomic E-state index is 0.562. The zero-order chi connectivity index (χ0) is 12.7. The molecule has 2 saturated heterocycles. The average molecular weight is 310 g/mol. The summed E-state index contributed by atoms with van der Waals surface area (Å²) in [5, 5.41) is 0. The van der Waals surface area contributed by atoms with Gasteiger partial charge in [0.1, 0.15) is 5.82 Å². The fraction of sp³-hybridized carbons (Fsp3) is 0.643. The molecule has 0 spiro atoms. The Morgan fingerprint density at radius 1 is 1.39 bits per heavy atom. The molecule has 4 heteroatoms. The van der Waals surface area contributed by atoms with E-state index in [0.29, 0.717) is 6.04 Å². The summed E-state index contributed by atoms with van der Waals surface area (Å²) in [5.74, 6) is 1.13. The minimum absolute atomic E-state index is 0.562. The summed E-state index contributed by atoms with van der Waals surface area (Å²) in [6, 6.07) is 3.50. The number of pyridine rings is 1. The van der Waals surface area contributed by atoms with Crippen LogP contribution >= 0.6 is 15.9 Å². The number of halogens is 1. The molecule has 0 amide bonds. The van der Waals surface area contributed by atoms with Crippen molar-refractivity contribution in [1.29, 1.82) is 0 Å². The van der Waals surface area contributed by atoms with Crippen LogP contribution in [0.2, 0.25) is 0 Å². The third-order valence-electron chi connectivity index (χ3n) is 4.26. The SMILES string of the molecule is Cc1cc(N2CC3CCCN3CC2C)ncc1Br. The number of nitrogens with zero attached hydrogens (tertiary/aromatic N) is 3. The lowest BCUT2D eigenvalue weighted by Crippen LogP contribution is -2.55. The van der Waals surface area contributed by atoms with Crippen molar-refractivity contribution in [2.24, 2.45) is 0 Å². The van der Waals surface area contributed by atoms with Gasteiger partial charge in [0.15, 0.2) is 0 Å². The molecular weight excluding hydrogens is 290 g/mol. The Bertz CT molecular complexity index is 449. The summed E-state index contributed by atoms with van der Waals surface area (Å²) in [5.41, 5.74) is 1.26. The molecule has 1 aromatic rings. The standard InChI is InChI=1S/C14H20BrN3/c1-10-6-14(16-7-13(10)15)18-9-12-4-3-5-17(12)8-11(18)2/h6-7,11-12H,3-5,8-9H2,1-2H3. The van der Waals surface area contributed by atoms with Crippen LogP contribution < -0.4 is 4.90 Å². The van der Waals surface area contributed by atoms with Gasteiger partial charge >= 0.3 is 0 Å². The van der Waals surface area contributed by atoms with Crippen molar-refractivity contribution < 1.29 is 0 Å². The second-order valence-electron chi connectivity index (χ2n) is 5.58. The van der Waals surface area contributed by atoms with Crippen LogP contribution in [0.4, 0.5) is 5.82 Å². The maximum atomic E-state index is 4.59. The van der Waals surface area contributed by atoms with Crippen molar-refractivity contribution >= 4 is 21.7 Å². The third kappa shape index (κ3) is 2.16. The number of aryl methyl sites for hydroxylation is 1. The lowest BCUT2D eigenvalue weighted by molar-refractivity contribution is 0.202. The Balaban J connectivity index is 1.84. The first-order valence-corrected chi connectivity index (χ1v) is 7.57. The molecule has 1 aromatic heterocycles. The van der Waals surface area contributed by atoms with Gasteiger partial charge in [0, 0.05) is 35.8 Å². The Hall–Kier alpha value is -0.610. The normalized spacial score (nSPS) is 28.5. The maximum absolute atomic E-state index is 4.59. The summed E-state index contributed by atoms with van der Waals surface area (Å²) < 4.78 is 1.10. The lowest BCUT2D eigenvalue weighted by atomic mass is 10.1. The Morgan fingerprint density at radius 3 is 3.00 bits per heavy atom. The number of anilines is 1. The summed E-state index contributed by atoms with van der Waals surface area (Å²) in [4.78, 5) is 9.71. The largest absolute Gasteiger partial charge is 0.351 e. The van der Waals surface area contributed by atoms with E-state index in [1.165, 1.54) is 31.5 Å². The molecule has 0 aliphatic carbocycles. The van der Waals surface area contributed by atoms with Gasteiger partial charge in [-0.25, -0.2) is 4.98 Å². The van der Waals surface area contributed by atoms with Crippen molar-refractivity contribution in [1.82, 2.24) is 9.88 Å². The molecule has 2 unspecified atom stereocenters. The van der Waals surface area contributed by atoms with E-state index in [0.717, 1.165) is 22.9 Å². The van der Waals surface area contributed by atoms with Crippen LogP contribution in [-0.2, 0) is 0 Å². The van der Waals surface area contributed by atoms with E-state index in [9.17, 15) is 0 Å². The van der Waals surface area contributed by atoms with Gasteiger partial charge in [0.25, 0.3) is 0 Å². The Morgan fingerprint density at radius 2 is 2.22 bits per heavy atom. The highest BCUT2D eigenvalue weighted by atomic mass is 79.9. The first kappa shape index (κ1) is 12.4. The van der Waals surface area contributed by atoms with Gasteiger partial charge in [0.05, 0.1) is 0 Å². The van der Waals surface area contributed by atoms with E-state index in [4.69, 9.17) is 0 Å². The van der Waals surface area contributed by atoms with E-state index in [1.54, 1.807) is 0 Å². The van der Waals surface area contributed by atoms with Gasteiger partial charge in [-0.3, -0.25) is 4.90 Å². The zero-order valence-electron chi connectivity index (χ0n) is 11.1. The van der Waals surface area contributed by atoms with Crippen molar-refractivity contribution in [3.05, 3.63) is 22.3 Å². The number of hydrogen-bond acceptors (Lipinski definition) is 3. The van der Waals surface area contributed by atoms with Crippen molar-refractivity contribution in [2.45, 2.75) is 38.8 Å².